The molecule has 4 rings (SSSR count). The Balaban J connectivity index is 1.25. The third-order valence-electron chi connectivity index (χ3n) is 5.60. The van der Waals surface area contributed by atoms with E-state index in [4.69, 9.17) is 4.42 Å². The summed E-state index contributed by atoms with van der Waals surface area (Å²) in [5, 5.41) is 8.66. The first-order chi connectivity index (χ1) is 14.6. The van der Waals surface area contributed by atoms with Gasteiger partial charge in [-0.2, -0.15) is 0 Å². The van der Waals surface area contributed by atoms with E-state index in [0.29, 0.717) is 16.9 Å². The van der Waals surface area contributed by atoms with Gasteiger partial charge in [-0.25, -0.2) is 0 Å². The van der Waals surface area contributed by atoms with Gasteiger partial charge in [-0.15, -0.1) is 10.2 Å². The van der Waals surface area contributed by atoms with Crippen LogP contribution in [0.5, 0.6) is 0 Å². The van der Waals surface area contributed by atoms with Gasteiger partial charge < -0.3 is 14.2 Å². The Kier molecular flexibility index (Phi) is 6.50. The van der Waals surface area contributed by atoms with Crippen LogP contribution in [0.25, 0.3) is 11.5 Å². The van der Waals surface area contributed by atoms with Gasteiger partial charge in [0.05, 0.1) is 31.9 Å². The maximum atomic E-state index is 12.6. The monoisotopic (exact) mass is 423 g/mol. The molecule has 7 heteroatoms. The third-order valence-corrected chi connectivity index (χ3v) is 6.40. The minimum atomic E-state index is 0.129. The van der Waals surface area contributed by atoms with E-state index < -0.39 is 0 Å². The molecule has 0 bridgehead atoms. The van der Waals surface area contributed by atoms with Gasteiger partial charge >= 0.3 is 0 Å². The first-order valence-corrected chi connectivity index (χ1v) is 11.3. The van der Waals surface area contributed by atoms with E-state index in [1.54, 1.807) is 0 Å². The molecule has 2 heterocycles. The second kappa shape index (κ2) is 9.45. The fraction of sp³-hybridized carbons (Fsp3) is 0.348. The smallest absolute Gasteiger partial charge is 0.277 e. The fourth-order valence-electron chi connectivity index (χ4n) is 3.61. The van der Waals surface area contributed by atoms with Crippen molar-refractivity contribution in [1.82, 2.24) is 15.1 Å². The quantitative estimate of drug-likeness (QED) is 0.617. The number of hydrogen-bond acceptors (Lipinski definition) is 5. The van der Waals surface area contributed by atoms with Gasteiger partial charge in [0.1, 0.15) is 6.54 Å². The van der Waals surface area contributed by atoms with Crippen LogP contribution < -0.4 is 4.90 Å². The topological polar surface area (TPSA) is 63.7 Å². The lowest BCUT2D eigenvalue weighted by molar-refractivity contribution is -0.917. The van der Waals surface area contributed by atoms with Crippen molar-refractivity contribution in [2.75, 3.05) is 31.9 Å². The Morgan fingerprint density at radius 1 is 1.07 bits per heavy atom. The van der Waals surface area contributed by atoms with Crippen molar-refractivity contribution in [3.8, 4) is 11.5 Å². The summed E-state index contributed by atoms with van der Waals surface area (Å²) in [6, 6.07) is 16.6. The molecular formula is C23H27N4O2S+. The van der Waals surface area contributed by atoms with Gasteiger partial charge in [0.25, 0.3) is 5.22 Å². The molecule has 1 amide bonds. The van der Waals surface area contributed by atoms with Crippen molar-refractivity contribution in [3.05, 3.63) is 65.2 Å². The fourth-order valence-corrected chi connectivity index (χ4v) is 4.27. The highest BCUT2D eigenvalue weighted by Crippen LogP contribution is 2.25. The molecule has 0 radical (unpaired) electrons. The summed E-state index contributed by atoms with van der Waals surface area (Å²) in [4.78, 5) is 16.1. The van der Waals surface area contributed by atoms with Crippen molar-refractivity contribution >= 4 is 17.7 Å². The zero-order chi connectivity index (χ0) is 20.9. The molecule has 2 aromatic carbocycles. The number of piperazine rings is 1. The number of amides is 1. The zero-order valence-corrected chi connectivity index (χ0v) is 18.2. The van der Waals surface area contributed by atoms with Crippen molar-refractivity contribution in [1.29, 1.82) is 0 Å². The number of aromatic nitrogens is 2. The van der Waals surface area contributed by atoms with Crippen LogP contribution in [0.1, 0.15) is 16.7 Å². The highest BCUT2D eigenvalue weighted by atomic mass is 32.2. The molecule has 30 heavy (non-hydrogen) atoms. The molecule has 3 aromatic rings. The molecule has 156 valence electrons. The molecule has 1 aromatic heterocycles. The number of carbonyl (C=O) groups is 1. The maximum Gasteiger partial charge on any atom is 0.277 e. The number of carbonyl (C=O) groups excluding carboxylic acids is 1. The summed E-state index contributed by atoms with van der Waals surface area (Å²) in [6.45, 7) is 8.68. The highest BCUT2D eigenvalue weighted by molar-refractivity contribution is 7.99. The van der Waals surface area contributed by atoms with Crippen LogP contribution in [0.4, 0.5) is 0 Å². The van der Waals surface area contributed by atoms with Crippen LogP contribution in [0.3, 0.4) is 0 Å². The Labute approximate surface area is 181 Å². The lowest BCUT2D eigenvalue weighted by Crippen LogP contribution is -3.13. The lowest BCUT2D eigenvalue weighted by Gasteiger charge is -2.32. The number of thioether (sulfide) groups is 1. The number of nitrogens with zero attached hydrogens (tertiary/aromatic N) is 3. The minimum Gasteiger partial charge on any atom is -0.411 e. The average molecular weight is 424 g/mol. The van der Waals surface area contributed by atoms with Gasteiger partial charge in [0.2, 0.25) is 11.8 Å². The van der Waals surface area contributed by atoms with Gasteiger partial charge in [0.15, 0.2) is 0 Å². The summed E-state index contributed by atoms with van der Waals surface area (Å²) in [7, 11) is 0. The molecule has 0 unspecified atom stereocenters. The summed E-state index contributed by atoms with van der Waals surface area (Å²) in [6.07, 6.45) is 0. The first-order valence-electron chi connectivity index (χ1n) is 10.3. The van der Waals surface area contributed by atoms with Crippen LogP contribution in [0.15, 0.2) is 58.2 Å². The van der Waals surface area contributed by atoms with E-state index in [1.807, 2.05) is 29.2 Å². The predicted molar refractivity (Wildman–Crippen MR) is 117 cm³/mol. The van der Waals surface area contributed by atoms with Crippen LogP contribution in [0.2, 0.25) is 0 Å². The molecule has 1 aliphatic heterocycles. The second-order valence-electron chi connectivity index (χ2n) is 7.75. The summed E-state index contributed by atoms with van der Waals surface area (Å²) >= 11 is 1.31. The largest absolute Gasteiger partial charge is 0.411 e. The number of benzene rings is 2. The van der Waals surface area contributed by atoms with Crippen molar-refractivity contribution in [3.63, 3.8) is 0 Å². The number of quaternary nitrogens is 1. The molecule has 0 spiro atoms. The molecule has 0 aliphatic carbocycles. The molecule has 1 N–H and O–H groups in total. The number of nitrogens with one attached hydrogen (secondary N) is 1. The van der Waals surface area contributed by atoms with Crippen LogP contribution in [-0.2, 0) is 11.3 Å². The standard InChI is InChI=1S/C23H26N4O2S/c1-17-8-9-20(14-18(17)2)22-24-25-23(29-22)30-16-21(28)27-12-10-26(11-13-27)15-19-6-4-3-5-7-19/h3-9,14H,10-13,15-16H2,1-2H3/p+1. The molecule has 1 fully saturated rings. The Hall–Kier alpha value is -2.64. The van der Waals surface area contributed by atoms with E-state index in [-0.39, 0.29) is 5.91 Å². The van der Waals surface area contributed by atoms with E-state index in [9.17, 15) is 4.79 Å². The molecule has 0 saturated carbocycles. The molecule has 1 aliphatic rings. The SMILES string of the molecule is Cc1ccc(-c2nnc(SCC(=O)N3CC[NH+](Cc4ccccc4)CC3)o2)cc1C. The van der Waals surface area contributed by atoms with Gasteiger partial charge in [0, 0.05) is 11.1 Å². The molecule has 6 nitrogen and oxygen atoms in total. The number of rotatable bonds is 6. The number of hydrogen-bond donors (Lipinski definition) is 1. The van der Waals surface area contributed by atoms with Crippen LogP contribution in [0, 0.1) is 13.8 Å². The highest BCUT2D eigenvalue weighted by Gasteiger charge is 2.24. The van der Waals surface area contributed by atoms with Crippen molar-refractivity contribution in [2.24, 2.45) is 0 Å². The van der Waals surface area contributed by atoms with Crippen LogP contribution in [-0.4, -0.2) is 52.9 Å². The summed E-state index contributed by atoms with van der Waals surface area (Å²) < 4.78 is 5.75. The van der Waals surface area contributed by atoms with E-state index >= 15 is 0 Å². The van der Waals surface area contributed by atoms with Gasteiger partial charge in [-0.05, 0) is 37.1 Å². The minimum absolute atomic E-state index is 0.129. The third kappa shape index (κ3) is 5.09. The molecule has 1 saturated heterocycles. The average Bonchev–Trinajstić information content (AvgIpc) is 3.24. The lowest BCUT2D eigenvalue weighted by atomic mass is 10.1. The summed E-state index contributed by atoms with van der Waals surface area (Å²) in [5.41, 5.74) is 4.66. The van der Waals surface area contributed by atoms with E-state index in [2.05, 4.69) is 48.3 Å². The first kappa shape index (κ1) is 20.6. The predicted octanol–water partition coefficient (Wildman–Crippen LogP) is 2.37. The Morgan fingerprint density at radius 3 is 2.57 bits per heavy atom. The normalized spacial score (nSPS) is 14.8. The van der Waals surface area contributed by atoms with Gasteiger partial charge in [-0.1, -0.05) is 48.2 Å². The molecule has 0 atom stereocenters. The number of aryl methyl sites for hydroxylation is 2. The van der Waals surface area contributed by atoms with E-state index in [0.717, 1.165) is 38.3 Å². The van der Waals surface area contributed by atoms with E-state index in [1.165, 1.54) is 33.4 Å². The summed E-state index contributed by atoms with van der Waals surface area (Å²) in [5.74, 6) is 0.943. The molecular weight excluding hydrogens is 396 g/mol. The second-order valence-corrected chi connectivity index (χ2v) is 8.68. The maximum absolute atomic E-state index is 12.6. The van der Waals surface area contributed by atoms with Crippen molar-refractivity contribution in [2.45, 2.75) is 25.6 Å². The Morgan fingerprint density at radius 2 is 1.83 bits per heavy atom. The van der Waals surface area contributed by atoms with Gasteiger partial charge in [-0.3, -0.25) is 4.79 Å². The Bertz CT molecular complexity index is 997. The zero-order valence-electron chi connectivity index (χ0n) is 17.4. The van der Waals surface area contributed by atoms with Crippen molar-refractivity contribution < 1.29 is 14.1 Å². The van der Waals surface area contributed by atoms with Crippen LogP contribution >= 0.6 is 11.8 Å².